The molecule has 0 radical (unpaired) electrons. The third-order valence-corrected chi connectivity index (χ3v) is 4.02. The van der Waals surface area contributed by atoms with Crippen LogP contribution in [-0.4, -0.2) is 32.1 Å². The number of aryl methyl sites for hydroxylation is 1. The van der Waals surface area contributed by atoms with Gasteiger partial charge in [0.1, 0.15) is 0 Å². The number of rotatable bonds is 7. The molecule has 1 aliphatic rings. The van der Waals surface area contributed by atoms with Crippen LogP contribution in [0.2, 0.25) is 0 Å². The first-order valence-corrected chi connectivity index (χ1v) is 10.00. The fourth-order valence-corrected chi connectivity index (χ4v) is 2.92. The fraction of sp³-hybridized carbons (Fsp3) is 0.591. The second kappa shape index (κ2) is 15.6. The Balaban J connectivity index is 0. The first-order chi connectivity index (χ1) is 12.7. The molecular weight excluding hydrogens is 324 g/mol. The van der Waals surface area contributed by atoms with Gasteiger partial charge in [-0.3, -0.25) is 4.79 Å². The van der Waals surface area contributed by atoms with E-state index in [1.54, 1.807) is 0 Å². The van der Waals surface area contributed by atoms with Gasteiger partial charge in [0.05, 0.1) is 12.7 Å². The van der Waals surface area contributed by atoms with Gasteiger partial charge in [-0.15, -0.1) is 0 Å². The van der Waals surface area contributed by atoms with Crippen LogP contribution in [0.25, 0.3) is 0 Å². The summed E-state index contributed by atoms with van der Waals surface area (Å²) in [5, 5.41) is 6.21. The number of hydrogen-bond acceptors (Lipinski definition) is 3. The van der Waals surface area contributed by atoms with Crippen LogP contribution in [-0.2, 0) is 9.53 Å². The molecule has 1 fully saturated rings. The zero-order chi connectivity index (χ0) is 19.8. The van der Waals surface area contributed by atoms with Crippen LogP contribution in [0, 0.1) is 12.8 Å². The highest BCUT2D eigenvalue weighted by molar-refractivity contribution is 5.86. The summed E-state index contributed by atoms with van der Waals surface area (Å²) >= 11 is 0. The number of hydrogen-bond donors (Lipinski definition) is 2. The number of carbonyl (C=O) groups is 1. The van der Waals surface area contributed by atoms with Crippen LogP contribution in [0.3, 0.4) is 0 Å². The summed E-state index contributed by atoms with van der Waals surface area (Å²) in [4.78, 5) is 11.2. The van der Waals surface area contributed by atoms with Crippen LogP contribution in [0.4, 0.5) is 0 Å². The number of piperidine rings is 1. The van der Waals surface area contributed by atoms with E-state index in [-0.39, 0.29) is 13.4 Å². The predicted molar refractivity (Wildman–Crippen MR) is 113 cm³/mol. The molecule has 2 N–H and O–H groups in total. The average molecular weight is 365 g/mol. The Hall–Kier alpha value is -1.65. The van der Waals surface area contributed by atoms with Gasteiger partial charge in [-0.2, -0.15) is 0 Å². The Bertz CT molecular complexity index is 503. The molecule has 2 rings (SSSR count). The molecule has 1 aromatic carbocycles. The minimum Gasteiger partial charge on any atom is -0.371 e. The molecule has 0 spiro atoms. The Morgan fingerprint density at radius 3 is 2.73 bits per heavy atom. The maximum Gasteiger partial charge on any atom is 0.243 e. The van der Waals surface area contributed by atoms with Crippen molar-refractivity contribution in [3.05, 3.63) is 48.0 Å². The summed E-state index contributed by atoms with van der Waals surface area (Å²) in [7, 11) is 0. The minimum atomic E-state index is -0.157. The van der Waals surface area contributed by atoms with Gasteiger partial charge >= 0.3 is 0 Å². The minimum absolute atomic E-state index is 0. The summed E-state index contributed by atoms with van der Waals surface area (Å²) in [5.74, 6) is 0.320. The lowest BCUT2D eigenvalue weighted by Gasteiger charge is -2.31. The summed E-state index contributed by atoms with van der Waals surface area (Å²) < 4.78 is 6.13. The third kappa shape index (κ3) is 9.16. The maximum absolute atomic E-state index is 11.2. The Labute approximate surface area is 161 Å². The summed E-state index contributed by atoms with van der Waals surface area (Å²) in [6.45, 7) is 16.6. The van der Waals surface area contributed by atoms with E-state index in [1.807, 2.05) is 27.7 Å². The van der Waals surface area contributed by atoms with Crippen LogP contribution in [0.1, 0.15) is 59.2 Å². The third-order valence-electron chi connectivity index (χ3n) is 4.02. The number of nitrogens with one attached hydrogen (secondary N) is 2. The van der Waals surface area contributed by atoms with E-state index in [1.165, 1.54) is 30.0 Å². The molecule has 0 unspecified atom stereocenters. The van der Waals surface area contributed by atoms with Gasteiger partial charge in [0.2, 0.25) is 5.91 Å². The van der Waals surface area contributed by atoms with Crippen LogP contribution < -0.4 is 10.6 Å². The van der Waals surface area contributed by atoms with Crippen LogP contribution in [0.15, 0.2) is 36.9 Å². The highest BCUT2D eigenvalue weighted by Crippen LogP contribution is 2.31. The van der Waals surface area contributed by atoms with E-state index in [4.69, 9.17) is 4.74 Å². The van der Waals surface area contributed by atoms with Gasteiger partial charge in [0.25, 0.3) is 0 Å². The van der Waals surface area contributed by atoms with E-state index in [0.717, 1.165) is 13.1 Å². The molecule has 0 aliphatic carbocycles. The van der Waals surface area contributed by atoms with Crippen molar-refractivity contribution in [1.29, 1.82) is 0 Å². The van der Waals surface area contributed by atoms with Gasteiger partial charge in [-0.25, -0.2) is 0 Å². The summed E-state index contributed by atoms with van der Waals surface area (Å²) in [5.41, 5.74) is 2.47. The lowest BCUT2D eigenvalue weighted by molar-refractivity contribution is -0.116. The molecule has 1 aromatic rings. The second-order valence-corrected chi connectivity index (χ2v) is 5.81. The van der Waals surface area contributed by atoms with Crippen molar-refractivity contribution < 1.29 is 11.0 Å². The first kappa shape index (κ1) is 24.4. The molecule has 1 amide bonds. The summed E-state index contributed by atoms with van der Waals surface area (Å²) in [6, 6.07) is 8.51. The van der Waals surface area contributed by atoms with E-state index in [0.29, 0.717) is 19.1 Å². The van der Waals surface area contributed by atoms with Gasteiger partial charge in [-0.1, -0.05) is 64.1 Å². The van der Waals surface area contributed by atoms with Crippen molar-refractivity contribution in [2.75, 3.05) is 26.2 Å². The molecule has 1 aliphatic heterocycles. The van der Waals surface area contributed by atoms with Crippen molar-refractivity contribution in [3.8, 4) is 0 Å². The normalized spacial score (nSPS) is 16.9. The van der Waals surface area contributed by atoms with Crippen molar-refractivity contribution in [1.82, 2.24) is 10.6 Å². The van der Waals surface area contributed by atoms with E-state index in [9.17, 15) is 4.79 Å². The molecule has 150 valence electrons. The van der Waals surface area contributed by atoms with Crippen LogP contribution in [0.5, 0.6) is 0 Å². The molecular formula is C22H40N2O2. The molecule has 0 saturated carbocycles. The lowest BCUT2D eigenvalue weighted by atomic mass is 9.89. The number of benzene rings is 1. The largest absolute Gasteiger partial charge is 0.371 e. The quantitative estimate of drug-likeness (QED) is 0.547. The number of amides is 1. The van der Waals surface area contributed by atoms with Gasteiger partial charge in [0, 0.05) is 20.4 Å². The molecule has 26 heavy (non-hydrogen) atoms. The van der Waals surface area contributed by atoms with Crippen LogP contribution >= 0.6 is 0 Å². The molecule has 0 bridgehead atoms. The second-order valence-electron chi connectivity index (χ2n) is 5.81. The van der Waals surface area contributed by atoms with Crippen molar-refractivity contribution in [2.45, 2.75) is 53.6 Å². The first-order valence-electron chi connectivity index (χ1n) is 10.00. The number of carbonyl (C=O) groups excluding carboxylic acids is 1. The van der Waals surface area contributed by atoms with E-state index >= 15 is 0 Å². The smallest absolute Gasteiger partial charge is 0.243 e. The molecule has 0 aromatic heterocycles. The van der Waals surface area contributed by atoms with E-state index in [2.05, 4.69) is 48.4 Å². The Kier molecular flexibility index (Phi) is 14.6. The standard InChI is InChI=1S/C18H26N2O2.2C2H6.H2/c1-3-17(21)20-10-11-22-18(16-8-5-9-19-13-16)15-7-4-6-14(2)12-15;2*1-2;/h3-4,6-7,12,16,18-19H,1,5,8-11,13H2,2H3,(H,20,21);2*1-2H3;1H/t16-,18+;;;/m1.../s1. The SMILES string of the molecule is C=CC(=O)NCCO[C@@H](c1cccc(C)c1)[C@@H]1CCCNC1.CC.CC.[HH]. The summed E-state index contributed by atoms with van der Waals surface area (Å²) in [6.07, 6.45) is 3.71. The zero-order valence-electron chi connectivity index (χ0n) is 17.3. The highest BCUT2D eigenvalue weighted by atomic mass is 16.5. The topological polar surface area (TPSA) is 50.4 Å². The zero-order valence-corrected chi connectivity index (χ0v) is 17.3. The fourth-order valence-electron chi connectivity index (χ4n) is 2.92. The van der Waals surface area contributed by atoms with Crippen molar-refractivity contribution in [2.24, 2.45) is 5.92 Å². The Morgan fingerprint density at radius 2 is 2.15 bits per heavy atom. The van der Waals surface area contributed by atoms with Gasteiger partial charge in [0.15, 0.2) is 0 Å². The molecule has 1 saturated heterocycles. The monoisotopic (exact) mass is 364 g/mol. The van der Waals surface area contributed by atoms with Crippen molar-refractivity contribution >= 4 is 5.91 Å². The van der Waals surface area contributed by atoms with Gasteiger partial charge in [-0.05, 0) is 37.9 Å². The molecule has 4 heteroatoms. The molecule has 1 heterocycles. The molecule has 2 atom stereocenters. The predicted octanol–water partition coefficient (Wildman–Crippen LogP) is 4.65. The molecule has 4 nitrogen and oxygen atoms in total. The van der Waals surface area contributed by atoms with Crippen molar-refractivity contribution in [3.63, 3.8) is 0 Å². The lowest BCUT2D eigenvalue weighted by Crippen LogP contribution is -2.35. The maximum atomic E-state index is 11.2. The highest BCUT2D eigenvalue weighted by Gasteiger charge is 2.25. The van der Waals surface area contributed by atoms with Gasteiger partial charge < -0.3 is 15.4 Å². The Morgan fingerprint density at radius 1 is 1.42 bits per heavy atom. The average Bonchev–Trinajstić information content (AvgIpc) is 2.71. The number of ether oxygens (including phenoxy) is 1. The van der Waals surface area contributed by atoms with E-state index < -0.39 is 0 Å².